The van der Waals surface area contributed by atoms with Gasteiger partial charge in [0.1, 0.15) is 0 Å². The summed E-state index contributed by atoms with van der Waals surface area (Å²) in [4.78, 5) is 12.2. The number of rotatable bonds is 10. The third kappa shape index (κ3) is 6.52. The first-order chi connectivity index (χ1) is 10.7. The first-order valence-corrected chi connectivity index (χ1v) is 6.95. The Morgan fingerprint density at radius 3 is 2.04 bits per heavy atom. The summed E-state index contributed by atoms with van der Waals surface area (Å²) in [7, 11) is 6.19. The van der Waals surface area contributed by atoms with Gasteiger partial charge in [-0.25, -0.2) is 0 Å². The number of carbonyl (C=O) groups is 1. The van der Waals surface area contributed by atoms with Crippen molar-refractivity contribution in [1.29, 1.82) is 0 Å². The van der Waals surface area contributed by atoms with E-state index in [2.05, 4.69) is 10.6 Å². The molecule has 0 atom stereocenters. The minimum Gasteiger partial charge on any atom is -0.493 e. The zero-order valence-corrected chi connectivity index (χ0v) is 14.7. The van der Waals surface area contributed by atoms with Crippen molar-refractivity contribution in [3.05, 3.63) is 17.7 Å². The molecule has 132 valence electrons. The number of hydrogen-bond acceptors (Lipinski definition) is 6. The Balaban J connectivity index is 0.00000484. The van der Waals surface area contributed by atoms with E-state index in [0.29, 0.717) is 42.5 Å². The molecule has 23 heavy (non-hydrogen) atoms. The second kappa shape index (κ2) is 11.8. The Bertz CT molecular complexity index is 460. The largest absolute Gasteiger partial charge is 0.493 e. The molecule has 0 spiro atoms. The van der Waals surface area contributed by atoms with Crippen molar-refractivity contribution >= 4 is 18.3 Å². The van der Waals surface area contributed by atoms with Gasteiger partial charge in [-0.05, 0) is 12.1 Å². The molecule has 0 fully saturated rings. The van der Waals surface area contributed by atoms with Crippen molar-refractivity contribution in [3.63, 3.8) is 0 Å². The Morgan fingerprint density at radius 2 is 1.57 bits per heavy atom. The molecule has 7 nitrogen and oxygen atoms in total. The Kier molecular flexibility index (Phi) is 10.9. The standard InChI is InChI=1S/C15H24N2O5.ClH/c1-19-8-7-16-5-6-17-15(18)11-9-12(20-2)14(22-4)13(10-11)21-3;/h9-10,16H,5-8H2,1-4H3,(H,17,18);1H. The van der Waals surface area contributed by atoms with Crippen molar-refractivity contribution in [3.8, 4) is 17.2 Å². The van der Waals surface area contributed by atoms with Gasteiger partial charge in [0.2, 0.25) is 5.75 Å². The first kappa shape index (κ1) is 21.3. The molecule has 2 N–H and O–H groups in total. The molecule has 0 aliphatic heterocycles. The maximum absolute atomic E-state index is 12.2. The van der Waals surface area contributed by atoms with Crippen LogP contribution < -0.4 is 24.8 Å². The van der Waals surface area contributed by atoms with Crippen LogP contribution in [0.4, 0.5) is 0 Å². The number of nitrogens with one attached hydrogen (secondary N) is 2. The topological polar surface area (TPSA) is 78.1 Å². The highest BCUT2D eigenvalue weighted by molar-refractivity contribution is 5.95. The molecule has 0 saturated heterocycles. The summed E-state index contributed by atoms with van der Waals surface area (Å²) in [5, 5.41) is 5.97. The molecule has 1 rings (SSSR count). The molecular formula is C15H25ClN2O5. The van der Waals surface area contributed by atoms with E-state index >= 15 is 0 Å². The summed E-state index contributed by atoms with van der Waals surface area (Å²) in [6.07, 6.45) is 0. The second-order valence-electron chi connectivity index (χ2n) is 4.41. The summed E-state index contributed by atoms with van der Waals surface area (Å²) < 4.78 is 20.6. The van der Waals surface area contributed by atoms with Crippen LogP contribution in [0.1, 0.15) is 10.4 Å². The number of hydrogen-bond donors (Lipinski definition) is 2. The number of methoxy groups -OCH3 is 4. The van der Waals surface area contributed by atoms with E-state index < -0.39 is 0 Å². The van der Waals surface area contributed by atoms with E-state index in [1.165, 1.54) is 21.3 Å². The fraction of sp³-hybridized carbons (Fsp3) is 0.533. The quantitative estimate of drug-likeness (QED) is 0.617. The van der Waals surface area contributed by atoms with Crippen molar-refractivity contribution in [1.82, 2.24) is 10.6 Å². The molecule has 0 heterocycles. The molecule has 0 radical (unpaired) electrons. The highest BCUT2D eigenvalue weighted by Crippen LogP contribution is 2.38. The lowest BCUT2D eigenvalue weighted by molar-refractivity contribution is 0.0953. The average molecular weight is 349 g/mol. The summed E-state index contributed by atoms with van der Waals surface area (Å²) in [5.41, 5.74) is 0.450. The van der Waals surface area contributed by atoms with Crippen molar-refractivity contribution < 1.29 is 23.7 Å². The lowest BCUT2D eigenvalue weighted by Gasteiger charge is -2.14. The van der Waals surface area contributed by atoms with Crippen LogP contribution in [-0.4, -0.2) is 60.6 Å². The van der Waals surface area contributed by atoms with Gasteiger partial charge >= 0.3 is 0 Å². The molecule has 0 aromatic heterocycles. The van der Waals surface area contributed by atoms with Gasteiger partial charge in [0, 0.05) is 32.3 Å². The third-order valence-corrected chi connectivity index (χ3v) is 3.00. The van der Waals surface area contributed by atoms with Crippen molar-refractivity contribution in [2.75, 3.05) is 54.7 Å². The highest BCUT2D eigenvalue weighted by Gasteiger charge is 2.16. The molecule has 0 bridgehead atoms. The Labute approximate surface area is 143 Å². The predicted molar refractivity (Wildman–Crippen MR) is 90.4 cm³/mol. The van der Waals surface area contributed by atoms with Crippen LogP contribution in [0.5, 0.6) is 17.2 Å². The SMILES string of the molecule is COCCNCCNC(=O)c1cc(OC)c(OC)c(OC)c1.Cl. The lowest BCUT2D eigenvalue weighted by atomic mass is 10.1. The average Bonchev–Trinajstić information content (AvgIpc) is 2.56. The maximum atomic E-state index is 12.2. The van der Waals surface area contributed by atoms with E-state index in [1.807, 2.05) is 0 Å². The van der Waals surface area contributed by atoms with Gasteiger partial charge < -0.3 is 29.6 Å². The minimum atomic E-state index is -0.201. The van der Waals surface area contributed by atoms with Gasteiger partial charge in [-0.3, -0.25) is 4.79 Å². The number of carbonyl (C=O) groups excluding carboxylic acids is 1. The number of ether oxygens (including phenoxy) is 4. The minimum absolute atomic E-state index is 0. The summed E-state index contributed by atoms with van der Waals surface area (Å²) in [6.45, 7) is 2.57. The normalized spacial score (nSPS) is 9.74. The van der Waals surface area contributed by atoms with Crippen molar-refractivity contribution in [2.24, 2.45) is 0 Å². The van der Waals surface area contributed by atoms with Crippen LogP contribution in [0.25, 0.3) is 0 Å². The van der Waals surface area contributed by atoms with Gasteiger partial charge in [-0.1, -0.05) is 0 Å². The van der Waals surface area contributed by atoms with E-state index in [4.69, 9.17) is 18.9 Å². The third-order valence-electron chi connectivity index (χ3n) is 3.00. The van der Waals surface area contributed by atoms with Crippen LogP contribution in [0.2, 0.25) is 0 Å². The fourth-order valence-electron chi connectivity index (χ4n) is 1.88. The first-order valence-electron chi connectivity index (χ1n) is 6.95. The molecule has 0 saturated carbocycles. The summed E-state index contributed by atoms with van der Waals surface area (Å²) >= 11 is 0. The molecule has 1 amide bonds. The molecule has 8 heteroatoms. The Hall–Kier alpha value is -1.70. The van der Waals surface area contributed by atoms with Gasteiger partial charge in [-0.2, -0.15) is 0 Å². The van der Waals surface area contributed by atoms with Crippen LogP contribution in [-0.2, 0) is 4.74 Å². The predicted octanol–water partition coefficient (Wildman–Crippen LogP) is 1.10. The van der Waals surface area contributed by atoms with Crippen LogP contribution in [0.15, 0.2) is 12.1 Å². The number of halogens is 1. The number of amides is 1. The van der Waals surface area contributed by atoms with Gasteiger partial charge in [-0.15, -0.1) is 12.4 Å². The molecule has 0 aliphatic carbocycles. The Morgan fingerprint density at radius 1 is 0.957 bits per heavy atom. The van der Waals surface area contributed by atoms with Gasteiger partial charge in [0.15, 0.2) is 11.5 Å². The maximum Gasteiger partial charge on any atom is 0.251 e. The van der Waals surface area contributed by atoms with E-state index in [-0.39, 0.29) is 18.3 Å². The van der Waals surface area contributed by atoms with Crippen LogP contribution in [0, 0.1) is 0 Å². The molecule has 0 unspecified atom stereocenters. The molecular weight excluding hydrogens is 324 g/mol. The molecule has 0 aliphatic rings. The lowest BCUT2D eigenvalue weighted by Crippen LogP contribution is -2.33. The molecule has 1 aromatic rings. The smallest absolute Gasteiger partial charge is 0.251 e. The van der Waals surface area contributed by atoms with Crippen LogP contribution in [0.3, 0.4) is 0 Å². The summed E-state index contributed by atoms with van der Waals surface area (Å²) in [5.74, 6) is 1.16. The van der Waals surface area contributed by atoms with E-state index in [0.717, 1.165) is 6.54 Å². The zero-order valence-electron chi connectivity index (χ0n) is 13.9. The summed E-state index contributed by atoms with van der Waals surface area (Å²) in [6, 6.07) is 3.24. The molecule has 1 aromatic carbocycles. The van der Waals surface area contributed by atoms with E-state index in [1.54, 1.807) is 19.2 Å². The van der Waals surface area contributed by atoms with Crippen LogP contribution >= 0.6 is 12.4 Å². The highest BCUT2D eigenvalue weighted by atomic mass is 35.5. The zero-order chi connectivity index (χ0) is 16.4. The van der Waals surface area contributed by atoms with Gasteiger partial charge in [0.25, 0.3) is 5.91 Å². The van der Waals surface area contributed by atoms with E-state index in [9.17, 15) is 4.79 Å². The number of benzene rings is 1. The second-order valence-corrected chi connectivity index (χ2v) is 4.41. The fourth-order valence-corrected chi connectivity index (χ4v) is 1.88. The monoisotopic (exact) mass is 348 g/mol. The van der Waals surface area contributed by atoms with Crippen molar-refractivity contribution in [2.45, 2.75) is 0 Å². The van der Waals surface area contributed by atoms with Gasteiger partial charge in [0.05, 0.1) is 27.9 Å².